The number of urea groups is 1. The van der Waals surface area contributed by atoms with Gasteiger partial charge in [0.1, 0.15) is 17.4 Å². The van der Waals surface area contributed by atoms with E-state index in [0.717, 1.165) is 29.3 Å². The standard InChI is InChI=1S/C21H21N3O4/c1-3-21(2)19(25)24(20(26)23-21)13-7-8-17(22-10-13)28-16-6-4-5-15-18(16)14-9-12(14)11-27-15/h4-8,10,12,16H,3,9,11H2,1-2H3,(H,23,26)/t12?,16?,21-/m1/s1. The lowest BCUT2D eigenvalue weighted by atomic mass is 9.99. The minimum atomic E-state index is -0.877. The summed E-state index contributed by atoms with van der Waals surface area (Å²) in [6, 6.07) is 2.93. The summed E-state index contributed by atoms with van der Waals surface area (Å²) in [5.74, 6) is 1.56. The van der Waals surface area contributed by atoms with Gasteiger partial charge in [-0.1, -0.05) is 18.6 Å². The van der Waals surface area contributed by atoms with Crippen LogP contribution < -0.4 is 15.0 Å². The van der Waals surface area contributed by atoms with E-state index in [9.17, 15) is 9.59 Å². The molecule has 0 spiro atoms. The predicted octanol–water partition coefficient (Wildman–Crippen LogP) is 2.85. The van der Waals surface area contributed by atoms with Gasteiger partial charge in [0, 0.05) is 17.6 Å². The van der Waals surface area contributed by atoms with E-state index in [0.29, 0.717) is 23.9 Å². The van der Waals surface area contributed by atoms with Crippen molar-refractivity contribution in [2.45, 2.75) is 38.3 Å². The van der Waals surface area contributed by atoms with Gasteiger partial charge in [0.2, 0.25) is 5.88 Å². The molecule has 144 valence electrons. The molecule has 3 amide bonds. The highest BCUT2D eigenvalue weighted by Crippen LogP contribution is 2.49. The van der Waals surface area contributed by atoms with Crippen molar-refractivity contribution in [1.82, 2.24) is 10.3 Å². The Morgan fingerprint density at radius 2 is 2.25 bits per heavy atom. The van der Waals surface area contributed by atoms with E-state index in [1.165, 1.54) is 11.8 Å². The molecule has 7 nitrogen and oxygen atoms in total. The molecule has 1 saturated heterocycles. The van der Waals surface area contributed by atoms with Crippen LogP contribution in [-0.2, 0) is 9.53 Å². The summed E-state index contributed by atoms with van der Waals surface area (Å²) < 4.78 is 11.9. The van der Waals surface area contributed by atoms with Crippen LogP contribution in [0.4, 0.5) is 10.5 Å². The van der Waals surface area contributed by atoms with Gasteiger partial charge in [-0.3, -0.25) is 4.79 Å². The van der Waals surface area contributed by atoms with Gasteiger partial charge >= 0.3 is 6.03 Å². The second-order valence-corrected chi connectivity index (χ2v) is 7.72. The largest absolute Gasteiger partial charge is 0.493 e. The first kappa shape index (κ1) is 17.0. The molecule has 2 aliphatic heterocycles. The Bertz CT molecular complexity index is 962. The van der Waals surface area contributed by atoms with Crippen molar-refractivity contribution in [2.24, 2.45) is 5.92 Å². The minimum Gasteiger partial charge on any atom is -0.493 e. The Hall–Kier alpha value is -3.09. The Morgan fingerprint density at radius 1 is 1.39 bits per heavy atom. The lowest BCUT2D eigenvalue weighted by molar-refractivity contribution is -0.121. The number of aromatic nitrogens is 1. The number of ether oxygens (including phenoxy) is 2. The van der Waals surface area contributed by atoms with Crippen LogP contribution in [0.25, 0.3) is 0 Å². The Labute approximate surface area is 162 Å². The van der Waals surface area contributed by atoms with E-state index >= 15 is 0 Å². The number of allylic oxidation sites excluding steroid dienone is 2. The van der Waals surface area contributed by atoms with E-state index in [4.69, 9.17) is 9.47 Å². The second kappa shape index (κ2) is 5.95. The summed E-state index contributed by atoms with van der Waals surface area (Å²) in [6.07, 6.45) is 8.72. The van der Waals surface area contributed by atoms with Gasteiger partial charge in [-0.2, -0.15) is 0 Å². The normalized spacial score (nSPS) is 30.4. The molecule has 0 aromatic carbocycles. The lowest BCUT2D eigenvalue weighted by Crippen LogP contribution is -2.43. The van der Waals surface area contributed by atoms with E-state index in [-0.39, 0.29) is 12.0 Å². The van der Waals surface area contributed by atoms with Crippen molar-refractivity contribution in [3.8, 4) is 5.88 Å². The van der Waals surface area contributed by atoms with Gasteiger partial charge in [-0.15, -0.1) is 0 Å². The summed E-state index contributed by atoms with van der Waals surface area (Å²) in [5.41, 5.74) is 2.06. The molecule has 4 aliphatic rings. The average molecular weight is 379 g/mol. The van der Waals surface area contributed by atoms with Gasteiger partial charge < -0.3 is 14.8 Å². The maximum absolute atomic E-state index is 12.6. The predicted molar refractivity (Wildman–Crippen MR) is 102 cm³/mol. The SMILES string of the molecule is CC[C@@]1(C)NC(=O)N(c2ccc(OC3C=CC=C4OCC5CC5=C43)nc2)C1=O. The number of fused-ring (bicyclic) bond motifs is 2. The van der Waals surface area contributed by atoms with E-state index in [1.54, 1.807) is 19.1 Å². The zero-order valence-electron chi connectivity index (χ0n) is 15.8. The van der Waals surface area contributed by atoms with Gasteiger partial charge in [0.25, 0.3) is 5.91 Å². The first-order valence-electron chi connectivity index (χ1n) is 9.54. The molecular weight excluding hydrogens is 358 g/mol. The van der Waals surface area contributed by atoms with Crippen molar-refractivity contribution in [3.05, 3.63) is 53.5 Å². The maximum atomic E-state index is 12.6. The van der Waals surface area contributed by atoms with Crippen molar-refractivity contribution >= 4 is 17.6 Å². The molecule has 28 heavy (non-hydrogen) atoms. The Morgan fingerprint density at radius 3 is 2.96 bits per heavy atom. The highest BCUT2D eigenvalue weighted by molar-refractivity contribution is 6.23. The quantitative estimate of drug-likeness (QED) is 0.814. The third-order valence-electron chi connectivity index (χ3n) is 5.86. The molecule has 1 aromatic rings. The average Bonchev–Trinajstić information content (AvgIpc) is 3.45. The fourth-order valence-electron chi connectivity index (χ4n) is 3.88. The number of carbonyl (C=O) groups is 2. The van der Waals surface area contributed by atoms with Gasteiger partial charge in [0.15, 0.2) is 0 Å². The number of nitrogens with one attached hydrogen (secondary N) is 1. The van der Waals surface area contributed by atoms with Crippen LogP contribution in [0.3, 0.4) is 0 Å². The topological polar surface area (TPSA) is 80.8 Å². The lowest BCUT2D eigenvalue weighted by Gasteiger charge is -2.26. The van der Waals surface area contributed by atoms with Gasteiger partial charge in [0.05, 0.1) is 18.5 Å². The molecule has 0 bridgehead atoms. The molecule has 3 heterocycles. The van der Waals surface area contributed by atoms with Crippen LogP contribution in [0.2, 0.25) is 0 Å². The fraction of sp³-hybridized carbons (Fsp3) is 0.381. The number of amides is 3. The summed E-state index contributed by atoms with van der Waals surface area (Å²) in [4.78, 5) is 30.3. The molecule has 1 saturated carbocycles. The van der Waals surface area contributed by atoms with Crippen LogP contribution in [-0.4, -0.2) is 35.2 Å². The van der Waals surface area contributed by atoms with Crippen LogP contribution in [0.15, 0.2) is 53.5 Å². The number of pyridine rings is 1. The Kier molecular flexibility index (Phi) is 3.62. The summed E-state index contributed by atoms with van der Waals surface area (Å²) >= 11 is 0. The zero-order chi connectivity index (χ0) is 19.5. The third kappa shape index (κ3) is 2.53. The van der Waals surface area contributed by atoms with Gasteiger partial charge in [-0.05, 0) is 38.0 Å². The molecule has 7 heteroatoms. The molecule has 2 unspecified atom stereocenters. The summed E-state index contributed by atoms with van der Waals surface area (Å²) in [6.45, 7) is 4.35. The first-order chi connectivity index (χ1) is 13.5. The number of nitrogens with zero attached hydrogens (tertiary/aromatic N) is 2. The molecule has 0 radical (unpaired) electrons. The van der Waals surface area contributed by atoms with Crippen molar-refractivity contribution < 1.29 is 19.1 Å². The number of carbonyl (C=O) groups excluding carboxylic acids is 2. The summed E-state index contributed by atoms with van der Waals surface area (Å²) in [5, 5.41) is 2.74. The maximum Gasteiger partial charge on any atom is 0.329 e. The van der Waals surface area contributed by atoms with Crippen molar-refractivity contribution in [1.29, 1.82) is 0 Å². The second-order valence-electron chi connectivity index (χ2n) is 7.72. The molecule has 2 fully saturated rings. The van der Waals surface area contributed by atoms with E-state index in [2.05, 4.69) is 10.3 Å². The number of rotatable bonds is 4. The van der Waals surface area contributed by atoms with Gasteiger partial charge in [-0.25, -0.2) is 14.7 Å². The molecule has 2 aliphatic carbocycles. The number of hydrogen-bond acceptors (Lipinski definition) is 5. The monoisotopic (exact) mass is 379 g/mol. The molecule has 1 N–H and O–H groups in total. The van der Waals surface area contributed by atoms with Crippen LogP contribution in [0.5, 0.6) is 5.88 Å². The number of imide groups is 1. The number of hydrogen-bond donors (Lipinski definition) is 1. The smallest absolute Gasteiger partial charge is 0.329 e. The number of anilines is 1. The highest BCUT2D eigenvalue weighted by atomic mass is 16.5. The third-order valence-corrected chi connectivity index (χ3v) is 5.86. The molecular formula is C21H21N3O4. The first-order valence-corrected chi connectivity index (χ1v) is 9.54. The fourth-order valence-corrected chi connectivity index (χ4v) is 3.88. The zero-order valence-corrected chi connectivity index (χ0v) is 15.8. The van der Waals surface area contributed by atoms with E-state index in [1.807, 2.05) is 25.2 Å². The summed E-state index contributed by atoms with van der Waals surface area (Å²) in [7, 11) is 0. The molecule has 1 aromatic heterocycles. The highest BCUT2D eigenvalue weighted by Gasteiger charge is 2.47. The van der Waals surface area contributed by atoms with Crippen LogP contribution in [0, 0.1) is 5.92 Å². The van der Waals surface area contributed by atoms with Crippen LogP contribution in [0.1, 0.15) is 26.7 Å². The molecule has 5 rings (SSSR count). The van der Waals surface area contributed by atoms with Crippen molar-refractivity contribution in [3.63, 3.8) is 0 Å². The Balaban J connectivity index is 1.35. The van der Waals surface area contributed by atoms with Crippen LogP contribution >= 0.6 is 0 Å². The van der Waals surface area contributed by atoms with Crippen molar-refractivity contribution in [2.75, 3.05) is 11.5 Å². The minimum absolute atomic E-state index is 0.237. The molecule has 3 atom stereocenters. The van der Waals surface area contributed by atoms with E-state index < -0.39 is 11.6 Å².